The fraction of sp³-hybridized carbons (Fsp3) is 0.233. The van der Waals surface area contributed by atoms with Gasteiger partial charge in [-0.25, -0.2) is 9.18 Å². The number of nitrogens with one attached hydrogen (secondary N) is 2. The molecule has 1 unspecified atom stereocenters. The second-order valence-electron chi connectivity index (χ2n) is 9.78. The van der Waals surface area contributed by atoms with Crippen molar-refractivity contribution in [3.63, 3.8) is 0 Å². The molecule has 2 aliphatic rings. The zero-order chi connectivity index (χ0) is 30.7. The molecule has 0 saturated heterocycles. The molecule has 13 heteroatoms. The number of rotatable bonds is 9. The Hall–Kier alpha value is -4.65. The summed E-state index contributed by atoms with van der Waals surface area (Å²) in [5, 5.41) is 14.8. The van der Waals surface area contributed by atoms with Crippen LogP contribution in [-0.2, 0) is 20.7 Å². The van der Waals surface area contributed by atoms with Crippen molar-refractivity contribution in [1.29, 1.82) is 0 Å². The molecule has 1 atom stereocenters. The van der Waals surface area contributed by atoms with Crippen LogP contribution in [0.4, 0.5) is 15.8 Å². The van der Waals surface area contributed by atoms with Crippen LogP contribution in [0.2, 0.25) is 5.02 Å². The number of methoxy groups -OCH3 is 1. The molecule has 0 aliphatic carbocycles. The van der Waals surface area contributed by atoms with Crippen LogP contribution in [0.1, 0.15) is 27.5 Å². The average Bonchev–Trinajstić information content (AvgIpc) is 3.39. The lowest BCUT2D eigenvalue weighted by Gasteiger charge is -2.37. The first-order chi connectivity index (χ1) is 20.7. The number of hydrogen-bond acceptors (Lipinski definition) is 8. The molecule has 43 heavy (non-hydrogen) atoms. The smallest absolute Gasteiger partial charge is 0.335 e. The predicted molar refractivity (Wildman–Crippen MR) is 157 cm³/mol. The molecule has 0 radical (unpaired) electrons. The SMILES string of the molecule is COCCOc1cccc2c1CCN(C(=O)C1=CN(c3cccc(Cl)c3F)N(C)N1)C2C(=O)Nc1ccc(C(=O)O)cc1. The molecular formula is C30H29ClFN5O6. The summed E-state index contributed by atoms with van der Waals surface area (Å²) >= 11 is 5.98. The van der Waals surface area contributed by atoms with Gasteiger partial charge in [-0.1, -0.05) is 29.8 Å². The number of ether oxygens (including phenoxy) is 2. The number of hydrazine groups is 2. The summed E-state index contributed by atoms with van der Waals surface area (Å²) in [4.78, 5) is 40.6. The van der Waals surface area contributed by atoms with Gasteiger partial charge in [0, 0.05) is 32.0 Å². The second-order valence-corrected chi connectivity index (χ2v) is 10.2. The number of aromatic carboxylic acids is 1. The quantitative estimate of drug-likeness (QED) is 0.309. The van der Waals surface area contributed by atoms with Gasteiger partial charge < -0.3 is 24.8 Å². The minimum atomic E-state index is -1.09. The summed E-state index contributed by atoms with van der Waals surface area (Å²) in [5.41, 5.74) is 4.98. The van der Waals surface area contributed by atoms with Crippen LogP contribution in [0.25, 0.3) is 0 Å². The lowest BCUT2D eigenvalue weighted by Crippen LogP contribution is -2.48. The van der Waals surface area contributed by atoms with E-state index < -0.39 is 29.6 Å². The monoisotopic (exact) mass is 609 g/mol. The minimum Gasteiger partial charge on any atom is -0.491 e. The average molecular weight is 610 g/mol. The largest absolute Gasteiger partial charge is 0.491 e. The van der Waals surface area contributed by atoms with Crippen LogP contribution < -0.4 is 20.5 Å². The van der Waals surface area contributed by atoms with Crippen molar-refractivity contribution in [3.8, 4) is 5.75 Å². The van der Waals surface area contributed by atoms with Crippen molar-refractivity contribution in [3.05, 3.63) is 100 Å². The predicted octanol–water partition coefficient (Wildman–Crippen LogP) is 3.98. The van der Waals surface area contributed by atoms with Gasteiger partial charge in [0.15, 0.2) is 5.82 Å². The fourth-order valence-electron chi connectivity index (χ4n) is 5.04. The molecule has 0 spiro atoms. The molecule has 3 N–H and O–H groups in total. The van der Waals surface area contributed by atoms with Gasteiger partial charge >= 0.3 is 5.97 Å². The third kappa shape index (κ3) is 6.12. The number of benzene rings is 3. The van der Waals surface area contributed by atoms with Gasteiger partial charge in [0.25, 0.3) is 11.8 Å². The molecule has 5 rings (SSSR count). The summed E-state index contributed by atoms with van der Waals surface area (Å²) in [6.45, 7) is 0.865. The van der Waals surface area contributed by atoms with Gasteiger partial charge in [0.1, 0.15) is 24.1 Å². The molecule has 0 fully saturated rings. The van der Waals surface area contributed by atoms with Crippen LogP contribution in [0.3, 0.4) is 0 Å². The van der Waals surface area contributed by atoms with Crippen molar-refractivity contribution in [2.45, 2.75) is 12.5 Å². The van der Waals surface area contributed by atoms with E-state index in [4.69, 9.17) is 21.1 Å². The fourth-order valence-corrected chi connectivity index (χ4v) is 5.21. The topological polar surface area (TPSA) is 124 Å². The third-order valence-electron chi connectivity index (χ3n) is 7.10. The van der Waals surface area contributed by atoms with Crippen molar-refractivity contribution in [2.75, 3.05) is 44.2 Å². The Labute approximate surface area is 252 Å². The lowest BCUT2D eigenvalue weighted by atomic mass is 9.90. The van der Waals surface area contributed by atoms with Crippen molar-refractivity contribution >= 4 is 40.8 Å². The molecule has 0 bridgehead atoms. The lowest BCUT2D eigenvalue weighted by molar-refractivity contribution is -0.136. The summed E-state index contributed by atoms with van der Waals surface area (Å²) in [7, 11) is 3.18. The van der Waals surface area contributed by atoms with Gasteiger partial charge in [-0.2, -0.15) is 0 Å². The molecule has 2 amide bonds. The third-order valence-corrected chi connectivity index (χ3v) is 7.39. The standard InChI is InChI=1S/C30H29ClFN5O6/c1-35-34-23(17-37(35)24-7-4-6-22(31)26(24)32)29(39)36-14-13-20-21(5-3-8-25(20)43-16-15-42-2)27(36)28(38)33-19-11-9-18(10-12-19)30(40)41/h3-12,17,27,34H,13-16H2,1-2H3,(H,33,38)(H,40,41). The first-order valence-corrected chi connectivity index (χ1v) is 13.7. The molecule has 2 heterocycles. The Balaban J connectivity index is 1.48. The van der Waals surface area contributed by atoms with Gasteiger partial charge in [-0.05, 0) is 54.4 Å². The Bertz CT molecular complexity index is 1580. The number of carboxylic acids is 1. The van der Waals surface area contributed by atoms with E-state index in [0.717, 1.165) is 5.56 Å². The molecule has 0 aromatic heterocycles. The number of nitrogens with zero attached hydrogens (tertiary/aromatic N) is 3. The van der Waals surface area contributed by atoms with Crippen molar-refractivity contribution in [2.24, 2.45) is 0 Å². The summed E-state index contributed by atoms with van der Waals surface area (Å²) in [6.07, 6.45) is 1.85. The highest BCUT2D eigenvalue weighted by Gasteiger charge is 2.40. The summed E-state index contributed by atoms with van der Waals surface area (Å²) < 4.78 is 25.8. The second kappa shape index (κ2) is 12.7. The van der Waals surface area contributed by atoms with E-state index in [1.165, 1.54) is 57.6 Å². The van der Waals surface area contributed by atoms with Crippen LogP contribution in [0.5, 0.6) is 5.75 Å². The highest BCUT2D eigenvalue weighted by atomic mass is 35.5. The number of fused-ring (bicyclic) bond motifs is 1. The number of carbonyl (C=O) groups excluding carboxylic acids is 2. The molecule has 0 saturated carbocycles. The Morgan fingerprint density at radius 2 is 1.84 bits per heavy atom. The van der Waals surface area contributed by atoms with Crippen LogP contribution in [0, 0.1) is 5.82 Å². The number of hydrogen-bond donors (Lipinski definition) is 3. The van der Waals surface area contributed by atoms with Crippen LogP contribution in [-0.4, -0.2) is 66.8 Å². The normalized spacial score (nSPS) is 16.3. The Kier molecular flexibility index (Phi) is 8.81. The van der Waals surface area contributed by atoms with Crippen LogP contribution in [0.15, 0.2) is 72.6 Å². The number of halogens is 2. The summed E-state index contributed by atoms with van der Waals surface area (Å²) in [6, 6.07) is 14.5. The van der Waals surface area contributed by atoms with E-state index in [1.807, 2.05) is 0 Å². The van der Waals surface area contributed by atoms with E-state index in [0.29, 0.717) is 36.6 Å². The van der Waals surface area contributed by atoms with E-state index in [2.05, 4.69) is 10.7 Å². The molecule has 3 aromatic rings. The van der Waals surface area contributed by atoms with Crippen molar-refractivity contribution < 1.29 is 33.4 Å². The summed E-state index contributed by atoms with van der Waals surface area (Å²) in [5.74, 6) is -2.15. The first-order valence-electron chi connectivity index (χ1n) is 13.3. The maximum Gasteiger partial charge on any atom is 0.335 e. The minimum absolute atomic E-state index is 0.0663. The maximum absolute atomic E-state index is 14.8. The molecule has 2 aliphatic heterocycles. The zero-order valence-electron chi connectivity index (χ0n) is 23.3. The molecule has 11 nitrogen and oxygen atoms in total. The highest BCUT2D eigenvalue weighted by molar-refractivity contribution is 6.31. The number of anilines is 2. The first kappa shape index (κ1) is 29.8. The van der Waals surface area contributed by atoms with Crippen LogP contribution >= 0.6 is 11.6 Å². The molecule has 3 aromatic carbocycles. The van der Waals surface area contributed by atoms with Gasteiger partial charge in [-0.15, -0.1) is 5.12 Å². The number of carboxylic acid groups (broad SMARTS) is 1. The number of carbonyl (C=O) groups is 3. The van der Waals surface area contributed by atoms with Gasteiger partial charge in [0.2, 0.25) is 0 Å². The Morgan fingerprint density at radius 3 is 2.56 bits per heavy atom. The van der Waals surface area contributed by atoms with Gasteiger partial charge in [-0.3, -0.25) is 20.0 Å². The Morgan fingerprint density at radius 1 is 1.09 bits per heavy atom. The van der Waals surface area contributed by atoms with E-state index in [9.17, 15) is 23.9 Å². The van der Waals surface area contributed by atoms with E-state index >= 15 is 0 Å². The van der Waals surface area contributed by atoms with Crippen molar-refractivity contribution in [1.82, 2.24) is 15.4 Å². The maximum atomic E-state index is 14.8. The number of amides is 2. The van der Waals surface area contributed by atoms with E-state index in [-0.39, 0.29) is 28.5 Å². The van der Waals surface area contributed by atoms with E-state index in [1.54, 1.807) is 38.4 Å². The molecular weight excluding hydrogens is 581 g/mol. The molecule has 224 valence electrons. The van der Waals surface area contributed by atoms with Gasteiger partial charge in [0.05, 0.1) is 29.1 Å². The highest BCUT2D eigenvalue weighted by Crippen LogP contribution is 2.37. The zero-order valence-corrected chi connectivity index (χ0v) is 24.1.